The molecule has 0 aliphatic carbocycles. The van der Waals surface area contributed by atoms with Crippen molar-refractivity contribution in [3.8, 4) is 0 Å². The molecule has 0 heterocycles. The normalized spacial score (nSPS) is 11.8. The van der Waals surface area contributed by atoms with E-state index < -0.39 is 18.1 Å². The van der Waals surface area contributed by atoms with Crippen LogP contribution in [0, 0.1) is 0 Å². The quantitative estimate of drug-likeness (QED) is 0.804. The number of nitrogens with one attached hydrogen (secondary N) is 1. The van der Waals surface area contributed by atoms with Crippen LogP contribution >= 0.6 is 0 Å². The number of carboxylic acids is 1. The number of carbonyl (C=O) groups is 2. The van der Waals surface area contributed by atoms with Crippen molar-refractivity contribution in [2.24, 2.45) is 0 Å². The van der Waals surface area contributed by atoms with Gasteiger partial charge in [0.1, 0.15) is 12.6 Å². The van der Waals surface area contributed by atoms with Crippen LogP contribution in [0.3, 0.4) is 0 Å². The number of benzene rings is 2. The third-order valence-electron chi connectivity index (χ3n) is 3.86. The molecule has 1 amide bonds. The van der Waals surface area contributed by atoms with E-state index in [-0.39, 0.29) is 13.0 Å². The second-order valence-electron chi connectivity index (χ2n) is 6.20. The Morgan fingerprint density at radius 2 is 1.72 bits per heavy atom. The van der Waals surface area contributed by atoms with E-state index in [0.717, 1.165) is 16.7 Å². The summed E-state index contributed by atoms with van der Waals surface area (Å²) in [4.78, 5) is 23.4. The predicted octanol–water partition coefficient (Wildman–Crippen LogP) is 3.73. The Morgan fingerprint density at radius 3 is 2.36 bits per heavy atom. The second-order valence-corrected chi connectivity index (χ2v) is 6.20. The summed E-state index contributed by atoms with van der Waals surface area (Å²) in [6.45, 7) is 4.25. The lowest BCUT2D eigenvalue weighted by Crippen LogP contribution is -2.42. The van der Waals surface area contributed by atoms with Gasteiger partial charge < -0.3 is 15.2 Å². The summed E-state index contributed by atoms with van der Waals surface area (Å²) in [5, 5.41) is 11.8. The minimum Gasteiger partial charge on any atom is -0.480 e. The van der Waals surface area contributed by atoms with Crippen LogP contribution in [0.2, 0.25) is 0 Å². The molecule has 1 atom stereocenters. The Kier molecular flexibility index (Phi) is 6.57. The maximum Gasteiger partial charge on any atom is 0.408 e. The van der Waals surface area contributed by atoms with E-state index in [1.807, 2.05) is 54.6 Å². The number of rotatable bonds is 7. The van der Waals surface area contributed by atoms with Crippen LogP contribution in [0.4, 0.5) is 4.79 Å². The molecule has 2 N–H and O–H groups in total. The summed E-state index contributed by atoms with van der Waals surface area (Å²) >= 11 is 0. The zero-order chi connectivity index (χ0) is 18.2. The van der Waals surface area contributed by atoms with Gasteiger partial charge in [-0.15, -0.1) is 0 Å². The van der Waals surface area contributed by atoms with Crippen LogP contribution in [-0.4, -0.2) is 23.2 Å². The van der Waals surface area contributed by atoms with E-state index in [2.05, 4.69) is 19.2 Å². The largest absolute Gasteiger partial charge is 0.480 e. The van der Waals surface area contributed by atoms with Gasteiger partial charge in [-0.25, -0.2) is 9.59 Å². The number of alkyl carbamates (subject to hydrolysis) is 1. The van der Waals surface area contributed by atoms with Crippen molar-refractivity contribution in [2.75, 3.05) is 0 Å². The number of ether oxygens (including phenoxy) is 1. The fraction of sp³-hybridized carbons (Fsp3) is 0.300. The Hall–Kier alpha value is -2.82. The number of aliphatic carboxylic acids is 1. The Morgan fingerprint density at radius 1 is 1.04 bits per heavy atom. The second kappa shape index (κ2) is 8.87. The molecule has 132 valence electrons. The monoisotopic (exact) mass is 341 g/mol. The number of hydrogen-bond donors (Lipinski definition) is 2. The van der Waals surface area contributed by atoms with Gasteiger partial charge in [-0.1, -0.05) is 68.4 Å². The first-order valence-corrected chi connectivity index (χ1v) is 8.24. The molecule has 0 aliphatic heterocycles. The van der Waals surface area contributed by atoms with Crippen molar-refractivity contribution < 1.29 is 19.4 Å². The summed E-state index contributed by atoms with van der Waals surface area (Å²) < 4.78 is 5.10. The van der Waals surface area contributed by atoms with E-state index in [9.17, 15) is 14.7 Å². The van der Waals surface area contributed by atoms with E-state index >= 15 is 0 Å². The van der Waals surface area contributed by atoms with Gasteiger partial charge in [0.25, 0.3) is 0 Å². The van der Waals surface area contributed by atoms with Gasteiger partial charge in [0.2, 0.25) is 0 Å². The van der Waals surface area contributed by atoms with E-state index in [0.29, 0.717) is 5.92 Å². The number of carboxylic acid groups (broad SMARTS) is 1. The molecule has 0 radical (unpaired) electrons. The molecule has 2 aromatic carbocycles. The lowest BCUT2D eigenvalue weighted by atomic mass is 9.98. The highest BCUT2D eigenvalue weighted by molar-refractivity contribution is 5.80. The molecule has 0 saturated heterocycles. The van der Waals surface area contributed by atoms with Crippen molar-refractivity contribution in [1.29, 1.82) is 0 Å². The maximum atomic E-state index is 11.9. The zero-order valence-corrected chi connectivity index (χ0v) is 14.4. The molecule has 25 heavy (non-hydrogen) atoms. The molecule has 5 nitrogen and oxygen atoms in total. The summed E-state index contributed by atoms with van der Waals surface area (Å²) in [6, 6.07) is 15.9. The molecule has 2 rings (SSSR count). The average molecular weight is 341 g/mol. The predicted molar refractivity (Wildman–Crippen MR) is 95.4 cm³/mol. The zero-order valence-electron chi connectivity index (χ0n) is 14.4. The first kappa shape index (κ1) is 18.5. The lowest BCUT2D eigenvalue weighted by Gasteiger charge is -2.16. The molecule has 0 aliphatic rings. The van der Waals surface area contributed by atoms with Crippen LogP contribution < -0.4 is 5.32 Å². The Balaban J connectivity index is 1.95. The third-order valence-corrected chi connectivity index (χ3v) is 3.86. The van der Waals surface area contributed by atoms with Crippen molar-refractivity contribution in [3.63, 3.8) is 0 Å². The van der Waals surface area contributed by atoms with Gasteiger partial charge in [-0.3, -0.25) is 0 Å². The van der Waals surface area contributed by atoms with Crippen molar-refractivity contribution >= 4 is 12.1 Å². The molecule has 0 fully saturated rings. The summed E-state index contributed by atoms with van der Waals surface area (Å²) in [5.74, 6) is -0.737. The van der Waals surface area contributed by atoms with E-state index in [1.54, 1.807) is 0 Å². The van der Waals surface area contributed by atoms with E-state index in [1.165, 1.54) is 0 Å². The van der Waals surface area contributed by atoms with Gasteiger partial charge >= 0.3 is 12.1 Å². The molecule has 0 spiro atoms. The SMILES string of the molecule is CC(C)c1cccc(CC(NC(=O)OCc2ccccc2)C(=O)O)c1. The molecule has 1 unspecified atom stereocenters. The molecule has 0 saturated carbocycles. The highest BCUT2D eigenvalue weighted by atomic mass is 16.5. The van der Waals surface area contributed by atoms with Gasteiger partial charge in [0.15, 0.2) is 0 Å². The smallest absolute Gasteiger partial charge is 0.408 e. The van der Waals surface area contributed by atoms with Crippen molar-refractivity contribution in [2.45, 2.75) is 38.8 Å². The molecular weight excluding hydrogens is 318 g/mol. The molecule has 0 bridgehead atoms. The molecule has 5 heteroatoms. The van der Waals surface area contributed by atoms with Gasteiger partial charge in [0, 0.05) is 6.42 Å². The molecule has 2 aromatic rings. The fourth-order valence-electron chi connectivity index (χ4n) is 2.42. The Labute approximate surface area is 147 Å². The van der Waals surface area contributed by atoms with Crippen LogP contribution in [0.1, 0.15) is 36.5 Å². The van der Waals surface area contributed by atoms with Crippen LogP contribution in [0.15, 0.2) is 54.6 Å². The van der Waals surface area contributed by atoms with Crippen LogP contribution in [-0.2, 0) is 22.6 Å². The molecule has 0 aromatic heterocycles. The summed E-state index contributed by atoms with van der Waals surface area (Å²) in [6.07, 6.45) is -0.535. The minimum atomic E-state index is -1.09. The first-order chi connectivity index (χ1) is 12.0. The number of amides is 1. The minimum absolute atomic E-state index is 0.0991. The van der Waals surface area contributed by atoms with Gasteiger partial charge in [-0.2, -0.15) is 0 Å². The highest BCUT2D eigenvalue weighted by Gasteiger charge is 2.21. The number of hydrogen-bond acceptors (Lipinski definition) is 3. The van der Waals surface area contributed by atoms with Crippen molar-refractivity contribution in [1.82, 2.24) is 5.32 Å². The average Bonchev–Trinajstić information content (AvgIpc) is 2.60. The molecular formula is C20H23NO4. The summed E-state index contributed by atoms with van der Waals surface area (Å²) in [5.41, 5.74) is 2.84. The van der Waals surface area contributed by atoms with E-state index in [4.69, 9.17) is 4.74 Å². The third kappa shape index (κ3) is 5.95. The standard InChI is InChI=1S/C20H23NO4/c1-14(2)17-10-6-9-16(11-17)12-18(19(22)23)21-20(24)25-13-15-7-4-3-5-8-15/h3-11,14,18H,12-13H2,1-2H3,(H,21,24)(H,22,23). The van der Waals surface area contributed by atoms with Crippen LogP contribution in [0.25, 0.3) is 0 Å². The summed E-state index contributed by atoms with van der Waals surface area (Å²) in [7, 11) is 0. The Bertz CT molecular complexity index is 713. The van der Waals surface area contributed by atoms with Crippen molar-refractivity contribution in [3.05, 3.63) is 71.3 Å². The maximum absolute atomic E-state index is 11.9. The number of carbonyl (C=O) groups excluding carboxylic acids is 1. The topological polar surface area (TPSA) is 75.6 Å². The fourth-order valence-corrected chi connectivity index (χ4v) is 2.42. The first-order valence-electron chi connectivity index (χ1n) is 8.24. The van der Waals surface area contributed by atoms with Gasteiger partial charge in [0.05, 0.1) is 0 Å². The highest BCUT2D eigenvalue weighted by Crippen LogP contribution is 2.16. The lowest BCUT2D eigenvalue weighted by molar-refractivity contribution is -0.139. The van der Waals surface area contributed by atoms with Crippen LogP contribution in [0.5, 0.6) is 0 Å². The van der Waals surface area contributed by atoms with Gasteiger partial charge in [-0.05, 0) is 22.6 Å².